The fraction of sp³-hybridized carbons (Fsp3) is 0.833. The SMILES string of the molecule is Cl.NC12CC3CC(C1)CC(n1cnc(Br)n1)(C3)C2. The van der Waals surface area contributed by atoms with Crippen LogP contribution in [0.5, 0.6) is 0 Å². The van der Waals surface area contributed by atoms with Crippen molar-refractivity contribution in [3.8, 4) is 0 Å². The van der Waals surface area contributed by atoms with Crippen molar-refractivity contribution >= 4 is 28.3 Å². The molecule has 6 heteroatoms. The van der Waals surface area contributed by atoms with Gasteiger partial charge >= 0.3 is 0 Å². The third kappa shape index (κ3) is 1.74. The van der Waals surface area contributed by atoms with Crippen molar-refractivity contribution in [2.24, 2.45) is 17.6 Å². The van der Waals surface area contributed by atoms with Crippen molar-refractivity contribution in [2.75, 3.05) is 0 Å². The van der Waals surface area contributed by atoms with E-state index in [0.29, 0.717) is 4.73 Å². The van der Waals surface area contributed by atoms with E-state index < -0.39 is 0 Å². The van der Waals surface area contributed by atoms with Gasteiger partial charge in [0.05, 0.1) is 5.54 Å². The van der Waals surface area contributed by atoms with Crippen molar-refractivity contribution in [2.45, 2.75) is 49.6 Å². The van der Waals surface area contributed by atoms with Crippen LogP contribution in [0, 0.1) is 11.8 Å². The second kappa shape index (κ2) is 3.93. The van der Waals surface area contributed by atoms with E-state index in [4.69, 9.17) is 5.73 Å². The third-order valence-electron chi connectivity index (χ3n) is 5.03. The van der Waals surface area contributed by atoms with Gasteiger partial charge in [-0.2, -0.15) is 0 Å². The van der Waals surface area contributed by atoms with E-state index in [1.807, 2.05) is 6.33 Å². The van der Waals surface area contributed by atoms with Crippen LogP contribution in [0.2, 0.25) is 0 Å². The highest BCUT2D eigenvalue weighted by molar-refractivity contribution is 9.10. The van der Waals surface area contributed by atoms with E-state index in [9.17, 15) is 0 Å². The summed E-state index contributed by atoms with van der Waals surface area (Å²) < 4.78 is 2.79. The summed E-state index contributed by atoms with van der Waals surface area (Å²) in [6.07, 6.45) is 9.29. The minimum absolute atomic E-state index is 0. The zero-order chi connectivity index (χ0) is 11.7. The van der Waals surface area contributed by atoms with Gasteiger partial charge in [-0.25, -0.2) is 9.67 Å². The zero-order valence-corrected chi connectivity index (χ0v) is 12.6. The van der Waals surface area contributed by atoms with Gasteiger partial charge in [-0.1, -0.05) is 0 Å². The first-order valence-electron chi connectivity index (χ1n) is 6.44. The van der Waals surface area contributed by atoms with Crippen LogP contribution in [0.1, 0.15) is 38.5 Å². The van der Waals surface area contributed by atoms with Gasteiger partial charge in [-0.05, 0) is 66.3 Å². The van der Waals surface area contributed by atoms with E-state index >= 15 is 0 Å². The first kappa shape index (κ1) is 12.9. The van der Waals surface area contributed by atoms with Crippen molar-refractivity contribution in [3.63, 3.8) is 0 Å². The Bertz CT molecular complexity index is 460. The van der Waals surface area contributed by atoms with Crippen molar-refractivity contribution in [1.29, 1.82) is 0 Å². The van der Waals surface area contributed by atoms with Gasteiger partial charge in [0.15, 0.2) is 0 Å². The van der Waals surface area contributed by atoms with Crippen LogP contribution < -0.4 is 5.73 Å². The maximum Gasteiger partial charge on any atom is 0.217 e. The van der Waals surface area contributed by atoms with Gasteiger partial charge in [0, 0.05) is 5.54 Å². The molecule has 2 atom stereocenters. The van der Waals surface area contributed by atoms with Gasteiger partial charge in [-0.3, -0.25) is 0 Å². The molecule has 2 N–H and O–H groups in total. The summed E-state index contributed by atoms with van der Waals surface area (Å²) in [5, 5.41) is 4.50. The zero-order valence-electron chi connectivity index (χ0n) is 10.2. The second-order valence-electron chi connectivity index (χ2n) is 6.51. The van der Waals surface area contributed by atoms with Crippen LogP contribution >= 0.6 is 28.3 Å². The smallest absolute Gasteiger partial charge is 0.217 e. The second-order valence-corrected chi connectivity index (χ2v) is 7.22. The van der Waals surface area contributed by atoms with E-state index in [2.05, 4.69) is 30.7 Å². The normalized spacial score (nSPS) is 45.0. The summed E-state index contributed by atoms with van der Waals surface area (Å²) in [5.74, 6) is 1.62. The molecule has 0 aliphatic heterocycles. The van der Waals surface area contributed by atoms with Crippen molar-refractivity contribution in [1.82, 2.24) is 14.8 Å². The first-order valence-corrected chi connectivity index (χ1v) is 7.23. The van der Waals surface area contributed by atoms with Crippen molar-refractivity contribution in [3.05, 3.63) is 11.1 Å². The summed E-state index contributed by atoms with van der Waals surface area (Å²) in [5.41, 5.74) is 6.81. The molecule has 5 rings (SSSR count). The van der Waals surface area contributed by atoms with E-state index in [0.717, 1.165) is 18.3 Å². The van der Waals surface area contributed by atoms with Crippen LogP contribution in [0.15, 0.2) is 11.1 Å². The molecule has 0 spiro atoms. The molecule has 2 unspecified atom stereocenters. The molecular weight excluding hydrogens is 316 g/mol. The largest absolute Gasteiger partial charge is 0.325 e. The molecular formula is C12H18BrClN4. The maximum absolute atomic E-state index is 6.58. The van der Waals surface area contributed by atoms with Crippen LogP contribution in [-0.4, -0.2) is 20.3 Å². The average molecular weight is 334 g/mol. The quantitative estimate of drug-likeness (QED) is 0.859. The lowest BCUT2D eigenvalue weighted by Gasteiger charge is -2.60. The number of nitrogens with zero attached hydrogens (tertiary/aromatic N) is 3. The highest BCUT2D eigenvalue weighted by Crippen LogP contribution is 2.59. The predicted molar refractivity (Wildman–Crippen MR) is 74.5 cm³/mol. The third-order valence-corrected chi connectivity index (χ3v) is 5.39. The number of hydrogen-bond acceptors (Lipinski definition) is 3. The topological polar surface area (TPSA) is 56.7 Å². The fourth-order valence-corrected chi connectivity index (χ4v) is 5.29. The first-order chi connectivity index (χ1) is 8.07. The molecule has 4 fully saturated rings. The van der Waals surface area contributed by atoms with Crippen LogP contribution in [-0.2, 0) is 5.54 Å². The molecule has 4 aliphatic rings. The highest BCUT2D eigenvalue weighted by atomic mass is 79.9. The molecule has 0 aromatic carbocycles. The van der Waals surface area contributed by atoms with Gasteiger partial charge in [-0.15, -0.1) is 17.5 Å². The van der Waals surface area contributed by atoms with E-state index in [1.54, 1.807) is 0 Å². The molecule has 0 amide bonds. The van der Waals surface area contributed by atoms with E-state index in [1.165, 1.54) is 32.1 Å². The Morgan fingerprint density at radius 3 is 2.44 bits per heavy atom. The molecule has 1 aromatic heterocycles. The average Bonchev–Trinajstić information content (AvgIpc) is 2.61. The Morgan fingerprint density at radius 1 is 1.28 bits per heavy atom. The molecule has 0 radical (unpaired) electrons. The van der Waals surface area contributed by atoms with Crippen LogP contribution in [0.4, 0.5) is 0 Å². The molecule has 1 heterocycles. The molecule has 0 saturated heterocycles. The molecule has 4 saturated carbocycles. The maximum atomic E-state index is 6.58. The minimum Gasteiger partial charge on any atom is -0.325 e. The summed E-state index contributed by atoms with van der Waals surface area (Å²) in [4.78, 5) is 4.22. The number of halogens is 2. The number of aromatic nitrogens is 3. The molecule has 4 bridgehead atoms. The van der Waals surface area contributed by atoms with Gasteiger partial charge in [0.2, 0.25) is 4.73 Å². The molecule has 4 aliphatic carbocycles. The molecule has 1 aromatic rings. The lowest BCUT2D eigenvalue weighted by atomic mass is 9.50. The summed E-state index contributed by atoms with van der Waals surface area (Å²) in [6, 6.07) is 0. The Balaban J connectivity index is 0.000001000. The lowest BCUT2D eigenvalue weighted by molar-refractivity contribution is -0.0637. The number of rotatable bonds is 1. The lowest BCUT2D eigenvalue weighted by Crippen LogP contribution is -2.63. The van der Waals surface area contributed by atoms with Crippen molar-refractivity contribution < 1.29 is 0 Å². The number of nitrogens with two attached hydrogens (primary N) is 1. The Labute approximate surface area is 121 Å². The number of hydrogen-bond donors (Lipinski definition) is 1. The summed E-state index contributed by atoms with van der Waals surface area (Å²) >= 11 is 3.35. The highest BCUT2D eigenvalue weighted by Gasteiger charge is 2.57. The van der Waals surface area contributed by atoms with Gasteiger partial charge in [0.25, 0.3) is 0 Å². The van der Waals surface area contributed by atoms with Crippen LogP contribution in [0.25, 0.3) is 0 Å². The van der Waals surface area contributed by atoms with Gasteiger partial charge < -0.3 is 5.73 Å². The standard InChI is InChI=1S/C12H17BrN4.ClH/c13-10-15-7-17(16-10)12-4-8-1-9(5-12)3-11(14,2-8)6-12;/h7-9H,1-6,14H2;1H. The molecule has 100 valence electrons. The van der Waals surface area contributed by atoms with Gasteiger partial charge in [0.1, 0.15) is 6.33 Å². The van der Waals surface area contributed by atoms with Crippen LogP contribution in [0.3, 0.4) is 0 Å². The summed E-state index contributed by atoms with van der Waals surface area (Å²) in [6.45, 7) is 0. The monoisotopic (exact) mass is 332 g/mol. The molecule has 18 heavy (non-hydrogen) atoms. The summed E-state index contributed by atoms with van der Waals surface area (Å²) in [7, 11) is 0. The Morgan fingerprint density at radius 2 is 1.94 bits per heavy atom. The fourth-order valence-electron chi connectivity index (χ4n) is 5.02. The predicted octanol–water partition coefficient (Wildman–Crippen LogP) is 2.47. The minimum atomic E-state index is 0. The Hall–Kier alpha value is -0.130. The Kier molecular flexibility index (Phi) is 2.81. The van der Waals surface area contributed by atoms with E-state index in [-0.39, 0.29) is 23.5 Å². The molecule has 4 nitrogen and oxygen atoms in total.